The highest BCUT2D eigenvalue weighted by Gasteiger charge is 2.34. The van der Waals surface area contributed by atoms with Crippen molar-refractivity contribution in [2.24, 2.45) is 0 Å². The second-order valence-electron chi connectivity index (χ2n) is 10.1. The highest BCUT2D eigenvalue weighted by molar-refractivity contribution is 7.92. The van der Waals surface area contributed by atoms with Crippen molar-refractivity contribution in [1.82, 2.24) is 10.2 Å². The first-order chi connectivity index (χ1) is 19.4. The van der Waals surface area contributed by atoms with E-state index in [0.717, 1.165) is 27.3 Å². The van der Waals surface area contributed by atoms with Crippen LogP contribution >= 0.6 is 11.6 Å². The van der Waals surface area contributed by atoms with Gasteiger partial charge in [-0.1, -0.05) is 78.7 Å². The Morgan fingerprint density at radius 2 is 1.66 bits per heavy atom. The van der Waals surface area contributed by atoms with E-state index >= 15 is 0 Å². The Labute approximate surface area is 248 Å². The molecule has 0 aliphatic heterocycles. The SMILES string of the molecule is CC[C@H](C)NC(=O)[C@@H](Cc1ccccc1)N(Cc1ccc(C)cc1)C(=O)CN(c1cc(Cl)ccc1OC)S(C)(=O)=O. The monoisotopic (exact) mass is 599 g/mol. The Hall–Kier alpha value is -3.56. The van der Waals surface area contributed by atoms with Crippen molar-refractivity contribution < 1.29 is 22.7 Å². The van der Waals surface area contributed by atoms with E-state index in [1.807, 2.05) is 75.4 Å². The standard InChI is InChI=1S/C31H38ClN3O5S/c1-6-23(3)33-31(37)28(18-24-10-8-7-9-11-24)34(20-25-14-12-22(2)13-15-25)30(36)21-35(41(5,38)39)27-19-26(32)16-17-29(27)40-4/h7-17,19,23,28H,6,18,20-21H2,1-5H3,(H,33,37)/t23-,28+/m0/s1. The van der Waals surface area contributed by atoms with E-state index in [1.165, 1.54) is 18.1 Å². The first-order valence-electron chi connectivity index (χ1n) is 13.4. The Morgan fingerprint density at radius 1 is 1.00 bits per heavy atom. The lowest BCUT2D eigenvalue weighted by atomic mass is 10.0. The quantitative estimate of drug-likeness (QED) is 0.299. The molecule has 3 rings (SSSR count). The van der Waals surface area contributed by atoms with E-state index in [0.29, 0.717) is 6.42 Å². The van der Waals surface area contributed by atoms with Crippen molar-refractivity contribution in [3.05, 3.63) is 94.5 Å². The van der Waals surface area contributed by atoms with Gasteiger partial charge in [0.25, 0.3) is 0 Å². The van der Waals surface area contributed by atoms with E-state index in [4.69, 9.17) is 16.3 Å². The lowest BCUT2D eigenvalue weighted by Gasteiger charge is -2.34. The van der Waals surface area contributed by atoms with Crippen LogP contribution in [0, 0.1) is 6.92 Å². The number of benzene rings is 3. The third-order valence-electron chi connectivity index (χ3n) is 6.83. The molecule has 1 N–H and O–H groups in total. The van der Waals surface area contributed by atoms with Gasteiger partial charge in [0.1, 0.15) is 18.3 Å². The molecule has 3 aromatic carbocycles. The van der Waals surface area contributed by atoms with Crippen molar-refractivity contribution in [2.45, 2.75) is 52.2 Å². The highest BCUT2D eigenvalue weighted by Crippen LogP contribution is 2.33. The number of carbonyl (C=O) groups excluding carboxylic acids is 2. The first kappa shape index (κ1) is 32.0. The van der Waals surface area contributed by atoms with Crippen LogP contribution in [-0.4, -0.2) is 57.1 Å². The third-order valence-corrected chi connectivity index (χ3v) is 8.20. The van der Waals surface area contributed by atoms with Gasteiger partial charge in [0, 0.05) is 24.0 Å². The minimum absolute atomic E-state index is 0.106. The zero-order chi connectivity index (χ0) is 30.2. The number of nitrogens with one attached hydrogen (secondary N) is 1. The van der Waals surface area contributed by atoms with E-state index in [-0.39, 0.29) is 41.4 Å². The second kappa shape index (κ2) is 14.4. The molecule has 0 aromatic heterocycles. The Bertz CT molecular complexity index is 1430. The van der Waals surface area contributed by atoms with Gasteiger partial charge in [-0.05, 0) is 49.6 Å². The fraction of sp³-hybridized carbons (Fsp3) is 0.355. The molecule has 41 heavy (non-hydrogen) atoms. The number of amides is 2. The molecule has 0 fully saturated rings. The van der Waals surface area contributed by atoms with Gasteiger partial charge in [-0.2, -0.15) is 0 Å². The van der Waals surface area contributed by atoms with Crippen LogP contribution in [0.25, 0.3) is 0 Å². The largest absolute Gasteiger partial charge is 0.495 e. The summed E-state index contributed by atoms with van der Waals surface area (Å²) in [6, 6.07) is 20.7. The summed E-state index contributed by atoms with van der Waals surface area (Å²) >= 11 is 6.21. The summed E-state index contributed by atoms with van der Waals surface area (Å²) in [5, 5.41) is 3.30. The fourth-order valence-corrected chi connectivity index (χ4v) is 5.35. The number of aryl methyl sites for hydroxylation is 1. The van der Waals surface area contributed by atoms with Gasteiger partial charge in [-0.3, -0.25) is 13.9 Å². The van der Waals surface area contributed by atoms with E-state index in [2.05, 4.69) is 5.32 Å². The maximum absolute atomic E-state index is 14.2. The molecular formula is C31H38ClN3O5S. The van der Waals surface area contributed by atoms with Crippen LogP contribution in [-0.2, 0) is 32.6 Å². The molecule has 0 aliphatic rings. The topological polar surface area (TPSA) is 96.0 Å². The summed E-state index contributed by atoms with van der Waals surface area (Å²) in [7, 11) is -2.54. The van der Waals surface area contributed by atoms with E-state index in [1.54, 1.807) is 12.1 Å². The number of nitrogens with zero attached hydrogens (tertiary/aromatic N) is 2. The van der Waals surface area contributed by atoms with Gasteiger partial charge in [0.05, 0.1) is 19.1 Å². The Morgan fingerprint density at radius 3 is 2.24 bits per heavy atom. The molecule has 0 spiro atoms. The molecule has 0 radical (unpaired) electrons. The van der Waals surface area contributed by atoms with Crippen molar-refractivity contribution in [3.8, 4) is 5.75 Å². The Kier molecular flexibility index (Phi) is 11.2. The number of halogens is 1. The number of hydrogen-bond donors (Lipinski definition) is 1. The normalized spacial score (nSPS) is 12.7. The maximum atomic E-state index is 14.2. The molecule has 0 bridgehead atoms. The molecule has 2 amide bonds. The van der Waals surface area contributed by atoms with Gasteiger partial charge in [0.2, 0.25) is 21.8 Å². The second-order valence-corrected chi connectivity index (χ2v) is 12.5. The van der Waals surface area contributed by atoms with Gasteiger partial charge in [-0.15, -0.1) is 0 Å². The van der Waals surface area contributed by atoms with Crippen molar-refractivity contribution >= 4 is 39.1 Å². The predicted molar refractivity (Wildman–Crippen MR) is 164 cm³/mol. The van der Waals surface area contributed by atoms with Crippen LogP contribution in [0.4, 0.5) is 5.69 Å². The van der Waals surface area contributed by atoms with Gasteiger partial charge >= 0.3 is 0 Å². The number of anilines is 1. The van der Waals surface area contributed by atoms with Crippen LogP contribution < -0.4 is 14.4 Å². The predicted octanol–water partition coefficient (Wildman–Crippen LogP) is 4.98. The van der Waals surface area contributed by atoms with Crippen LogP contribution in [0.1, 0.15) is 37.0 Å². The Balaban J connectivity index is 2.10. The number of methoxy groups -OCH3 is 1. The minimum Gasteiger partial charge on any atom is -0.495 e. The molecule has 220 valence electrons. The van der Waals surface area contributed by atoms with E-state index in [9.17, 15) is 18.0 Å². The van der Waals surface area contributed by atoms with Crippen LogP contribution in [0.15, 0.2) is 72.8 Å². The molecule has 3 aromatic rings. The lowest BCUT2D eigenvalue weighted by molar-refractivity contribution is -0.140. The molecule has 0 heterocycles. The zero-order valence-electron chi connectivity index (χ0n) is 24.1. The highest BCUT2D eigenvalue weighted by atomic mass is 35.5. The average Bonchev–Trinajstić information content (AvgIpc) is 2.94. The summed E-state index contributed by atoms with van der Waals surface area (Å²) in [5.41, 5.74) is 2.87. The molecule has 0 unspecified atom stereocenters. The summed E-state index contributed by atoms with van der Waals surface area (Å²) < 4.78 is 32.4. The summed E-state index contributed by atoms with van der Waals surface area (Å²) in [4.78, 5) is 29.4. The third kappa shape index (κ3) is 8.96. The number of hydrogen-bond acceptors (Lipinski definition) is 5. The molecule has 2 atom stereocenters. The number of ether oxygens (including phenoxy) is 1. The number of rotatable bonds is 13. The van der Waals surface area contributed by atoms with Gasteiger partial charge in [0.15, 0.2) is 0 Å². The summed E-state index contributed by atoms with van der Waals surface area (Å²) in [6.07, 6.45) is 1.98. The smallest absolute Gasteiger partial charge is 0.244 e. The fourth-order valence-electron chi connectivity index (χ4n) is 4.34. The zero-order valence-corrected chi connectivity index (χ0v) is 25.7. The minimum atomic E-state index is -3.96. The van der Waals surface area contributed by atoms with Gasteiger partial charge in [-0.25, -0.2) is 8.42 Å². The molecule has 0 aliphatic carbocycles. The van der Waals surface area contributed by atoms with E-state index < -0.39 is 28.5 Å². The molecule has 0 saturated carbocycles. The van der Waals surface area contributed by atoms with Crippen molar-refractivity contribution in [2.75, 3.05) is 24.2 Å². The molecule has 8 nitrogen and oxygen atoms in total. The number of carbonyl (C=O) groups is 2. The average molecular weight is 600 g/mol. The number of sulfonamides is 1. The van der Waals surface area contributed by atoms with Crippen LogP contribution in [0.2, 0.25) is 5.02 Å². The molecule has 0 saturated heterocycles. The first-order valence-corrected chi connectivity index (χ1v) is 15.7. The van der Waals surface area contributed by atoms with Crippen molar-refractivity contribution in [3.63, 3.8) is 0 Å². The van der Waals surface area contributed by atoms with Crippen LogP contribution in [0.5, 0.6) is 5.75 Å². The van der Waals surface area contributed by atoms with Crippen molar-refractivity contribution in [1.29, 1.82) is 0 Å². The molecular weight excluding hydrogens is 562 g/mol. The molecule has 10 heteroatoms. The maximum Gasteiger partial charge on any atom is 0.244 e. The van der Waals surface area contributed by atoms with Gasteiger partial charge < -0.3 is 15.0 Å². The lowest BCUT2D eigenvalue weighted by Crippen LogP contribution is -2.54. The van der Waals surface area contributed by atoms with Crippen LogP contribution in [0.3, 0.4) is 0 Å². The summed E-state index contributed by atoms with van der Waals surface area (Å²) in [5.74, 6) is -0.610. The summed E-state index contributed by atoms with van der Waals surface area (Å²) in [6.45, 7) is 5.39.